The van der Waals surface area contributed by atoms with Crippen LogP contribution in [-0.2, 0) is 10.2 Å². The summed E-state index contributed by atoms with van der Waals surface area (Å²) in [5.74, 6) is 0.419. The highest BCUT2D eigenvalue weighted by Gasteiger charge is 2.53. The van der Waals surface area contributed by atoms with E-state index in [1.54, 1.807) is 6.07 Å². The first-order chi connectivity index (χ1) is 8.56. The highest BCUT2D eigenvalue weighted by atomic mass is 35.5. The number of hydrogen-bond acceptors (Lipinski definition) is 3. The van der Waals surface area contributed by atoms with Gasteiger partial charge in [-0.05, 0) is 31.4 Å². The number of aliphatic carboxylic acids is 1. The second kappa shape index (κ2) is 3.79. The number of carboxylic acid groups (broad SMARTS) is 1. The Balaban J connectivity index is 2.17. The summed E-state index contributed by atoms with van der Waals surface area (Å²) in [6, 6.07) is 1.73. The summed E-state index contributed by atoms with van der Waals surface area (Å²) in [7, 11) is 0. The van der Waals surface area contributed by atoms with E-state index in [1.165, 1.54) is 0 Å². The molecule has 0 unspecified atom stereocenters. The number of benzene rings is 1. The van der Waals surface area contributed by atoms with Crippen LogP contribution in [0.25, 0.3) is 0 Å². The molecule has 0 amide bonds. The SMILES string of the molecule is Cc1c(Cl)c(C2(C(=O)O)CC2)cc2c1OCCO2. The lowest BCUT2D eigenvalue weighted by Crippen LogP contribution is -2.22. The summed E-state index contributed by atoms with van der Waals surface area (Å²) in [5.41, 5.74) is 0.590. The zero-order chi connectivity index (χ0) is 12.9. The fourth-order valence-electron chi connectivity index (χ4n) is 2.40. The first kappa shape index (κ1) is 11.7. The van der Waals surface area contributed by atoms with E-state index in [0.717, 1.165) is 5.56 Å². The van der Waals surface area contributed by atoms with Gasteiger partial charge in [0.05, 0.1) is 10.4 Å². The third-order valence-electron chi connectivity index (χ3n) is 3.67. The second-order valence-electron chi connectivity index (χ2n) is 4.77. The maximum absolute atomic E-state index is 11.4. The molecule has 96 valence electrons. The number of fused-ring (bicyclic) bond motifs is 1. The Hall–Kier alpha value is -1.42. The topological polar surface area (TPSA) is 55.8 Å². The van der Waals surface area contributed by atoms with Crippen LogP contribution in [-0.4, -0.2) is 24.3 Å². The Morgan fingerprint density at radius 2 is 2.06 bits per heavy atom. The van der Waals surface area contributed by atoms with Gasteiger partial charge < -0.3 is 14.6 Å². The van der Waals surface area contributed by atoms with Crippen LogP contribution in [0.1, 0.15) is 24.0 Å². The van der Waals surface area contributed by atoms with Crippen molar-refractivity contribution in [3.63, 3.8) is 0 Å². The molecule has 1 aliphatic heterocycles. The van der Waals surface area contributed by atoms with Gasteiger partial charge in [-0.3, -0.25) is 4.79 Å². The first-order valence-electron chi connectivity index (χ1n) is 5.89. The normalized spacial score (nSPS) is 19.4. The monoisotopic (exact) mass is 268 g/mol. The summed E-state index contributed by atoms with van der Waals surface area (Å²) in [4.78, 5) is 11.4. The van der Waals surface area contributed by atoms with Crippen molar-refractivity contribution in [1.29, 1.82) is 0 Å². The second-order valence-corrected chi connectivity index (χ2v) is 5.15. The van der Waals surface area contributed by atoms with E-state index in [2.05, 4.69) is 0 Å². The Morgan fingerprint density at radius 1 is 1.39 bits per heavy atom. The van der Waals surface area contributed by atoms with Crippen LogP contribution in [0.5, 0.6) is 11.5 Å². The van der Waals surface area contributed by atoms with Gasteiger partial charge in [-0.25, -0.2) is 0 Å². The lowest BCUT2D eigenvalue weighted by atomic mass is 9.93. The van der Waals surface area contributed by atoms with Crippen LogP contribution in [0.2, 0.25) is 5.02 Å². The van der Waals surface area contributed by atoms with E-state index < -0.39 is 11.4 Å². The molecule has 1 aliphatic carbocycles. The molecular formula is C13H13ClO4. The van der Waals surface area contributed by atoms with Crippen molar-refractivity contribution in [1.82, 2.24) is 0 Å². The van der Waals surface area contributed by atoms with E-state index in [4.69, 9.17) is 21.1 Å². The van der Waals surface area contributed by atoms with Crippen molar-refractivity contribution in [2.75, 3.05) is 13.2 Å². The lowest BCUT2D eigenvalue weighted by molar-refractivity contribution is -0.140. The van der Waals surface area contributed by atoms with Gasteiger partial charge in [-0.15, -0.1) is 0 Å². The largest absolute Gasteiger partial charge is 0.486 e. The van der Waals surface area contributed by atoms with E-state index in [9.17, 15) is 9.90 Å². The minimum Gasteiger partial charge on any atom is -0.486 e. The standard InChI is InChI=1S/C13H13ClO4/c1-7-10(14)8(13(2-3-13)12(15)16)6-9-11(7)18-5-4-17-9/h6H,2-5H2,1H3,(H,15,16). The van der Waals surface area contributed by atoms with Crippen LogP contribution in [0.4, 0.5) is 0 Å². The van der Waals surface area contributed by atoms with Crippen LogP contribution in [0, 0.1) is 6.92 Å². The fraction of sp³-hybridized carbons (Fsp3) is 0.462. The first-order valence-corrected chi connectivity index (χ1v) is 6.26. The maximum Gasteiger partial charge on any atom is 0.314 e. The van der Waals surface area contributed by atoms with Gasteiger partial charge in [0, 0.05) is 5.56 Å². The predicted molar refractivity (Wildman–Crippen MR) is 65.7 cm³/mol. The summed E-state index contributed by atoms with van der Waals surface area (Å²) < 4.78 is 11.1. The van der Waals surface area contributed by atoms with Crippen molar-refractivity contribution < 1.29 is 19.4 Å². The molecule has 0 saturated heterocycles. The number of carbonyl (C=O) groups is 1. The van der Waals surface area contributed by atoms with Crippen LogP contribution < -0.4 is 9.47 Å². The molecule has 1 aromatic carbocycles. The average Bonchev–Trinajstić information content (AvgIpc) is 3.15. The highest BCUT2D eigenvalue weighted by Crippen LogP contribution is 2.54. The van der Waals surface area contributed by atoms with Crippen molar-refractivity contribution in [3.05, 3.63) is 22.2 Å². The lowest BCUT2D eigenvalue weighted by Gasteiger charge is -2.24. The number of rotatable bonds is 2. The molecule has 2 aliphatic rings. The molecule has 0 bridgehead atoms. The predicted octanol–water partition coefficient (Wildman–Crippen LogP) is 2.54. The van der Waals surface area contributed by atoms with Crippen LogP contribution >= 0.6 is 11.6 Å². The summed E-state index contributed by atoms with van der Waals surface area (Å²) in [6.45, 7) is 2.80. The molecule has 18 heavy (non-hydrogen) atoms. The Labute approximate surface area is 109 Å². The Morgan fingerprint density at radius 3 is 2.67 bits per heavy atom. The summed E-state index contributed by atoms with van der Waals surface area (Å²) >= 11 is 6.30. The quantitative estimate of drug-likeness (QED) is 0.896. The zero-order valence-electron chi connectivity index (χ0n) is 9.96. The number of ether oxygens (including phenoxy) is 2. The zero-order valence-corrected chi connectivity index (χ0v) is 10.7. The highest BCUT2D eigenvalue weighted by molar-refractivity contribution is 6.33. The Kier molecular flexibility index (Phi) is 2.45. The molecule has 0 atom stereocenters. The Bertz CT molecular complexity index is 534. The van der Waals surface area contributed by atoms with Gasteiger partial charge in [0.25, 0.3) is 0 Å². The minimum absolute atomic E-state index is 0.480. The molecule has 1 heterocycles. The molecule has 0 spiro atoms. The van der Waals surface area contributed by atoms with Crippen LogP contribution in [0.3, 0.4) is 0 Å². The van der Waals surface area contributed by atoms with E-state index in [0.29, 0.717) is 48.1 Å². The third-order valence-corrected chi connectivity index (χ3v) is 4.15. The van der Waals surface area contributed by atoms with Crippen molar-refractivity contribution >= 4 is 17.6 Å². The summed E-state index contributed by atoms with van der Waals surface area (Å²) in [6.07, 6.45) is 1.25. The molecule has 1 N–H and O–H groups in total. The molecule has 5 heteroatoms. The molecular weight excluding hydrogens is 256 g/mol. The number of hydrogen-bond donors (Lipinski definition) is 1. The smallest absolute Gasteiger partial charge is 0.314 e. The van der Waals surface area contributed by atoms with Gasteiger partial charge in [-0.1, -0.05) is 11.6 Å². The van der Waals surface area contributed by atoms with E-state index >= 15 is 0 Å². The maximum atomic E-state index is 11.4. The molecule has 3 rings (SSSR count). The van der Waals surface area contributed by atoms with E-state index in [-0.39, 0.29) is 0 Å². The van der Waals surface area contributed by atoms with E-state index in [1.807, 2.05) is 6.92 Å². The minimum atomic E-state index is -0.822. The van der Waals surface area contributed by atoms with Gasteiger partial charge in [0.2, 0.25) is 0 Å². The molecule has 1 aromatic rings. The average molecular weight is 269 g/mol. The van der Waals surface area contributed by atoms with Gasteiger partial charge >= 0.3 is 5.97 Å². The van der Waals surface area contributed by atoms with Gasteiger partial charge in [0.1, 0.15) is 13.2 Å². The van der Waals surface area contributed by atoms with Crippen LogP contribution in [0.15, 0.2) is 6.07 Å². The van der Waals surface area contributed by atoms with Gasteiger partial charge in [0.15, 0.2) is 11.5 Å². The molecule has 0 aromatic heterocycles. The fourth-order valence-corrected chi connectivity index (χ4v) is 2.72. The van der Waals surface area contributed by atoms with Crippen molar-refractivity contribution in [2.45, 2.75) is 25.2 Å². The molecule has 0 radical (unpaired) electrons. The van der Waals surface area contributed by atoms with Gasteiger partial charge in [-0.2, -0.15) is 0 Å². The van der Waals surface area contributed by atoms with Crippen molar-refractivity contribution in [2.24, 2.45) is 0 Å². The molecule has 1 saturated carbocycles. The number of halogens is 1. The summed E-state index contributed by atoms with van der Waals surface area (Å²) in [5, 5.41) is 9.83. The van der Waals surface area contributed by atoms with Crippen molar-refractivity contribution in [3.8, 4) is 11.5 Å². The number of carboxylic acids is 1. The molecule has 4 nitrogen and oxygen atoms in total. The third kappa shape index (κ3) is 1.48. The molecule has 1 fully saturated rings.